The number of amides is 1. The van der Waals surface area contributed by atoms with Crippen LogP contribution in [0.1, 0.15) is 33.3 Å². The number of carbonyl (C=O) groups is 1. The lowest BCUT2D eigenvalue weighted by molar-refractivity contribution is -0.117. The quantitative estimate of drug-likeness (QED) is 0.847. The number of nitrogens with zero attached hydrogens (tertiary/aromatic N) is 1. The first-order valence-electron chi connectivity index (χ1n) is 6.41. The number of nitrogens with two attached hydrogens (primary N) is 1. The van der Waals surface area contributed by atoms with Crippen LogP contribution in [0.2, 0.25) is 5.02 Å². The lowest BCUT2D eigenvalue weighted by atomic mass is 9.84. The SMILES string of the molecule is CC1(C)OB(c2ncc(CC(N)=O)cc2Cl)OC1(C)C. The molecule has 20 heavy (non-hydrogen) atoms. The molecular weight excluding hydrogens is 278 g/mol. The molecule has 0 saturated carbocycles. The summed E-state index contributed by atoms with van der Waals surface area (Å²) in [5.74, 6) is -0.425. The maximum Gasteiger partial charge on any atom is 0.516 e. The van der Waals surface area contributed by atoms with Gasteiger partial charge in [0, 0.05) is 6.20 Å². The van der Waals surface area contributed by atoms with Crippen LogP contribution >= 0.6 is 11.6 Å². The van der Waals surface area contributed by atoms with Crippen molar-refractivity contribution in [2.24, 2.45) is 5.73 Å². The molecule has 0 unspecified atom stereocenters. The van der Waals surface area contributed by atoms with E-state index in [0.717, 1.165) is 0 Å². The number of primary amides is 1. The van der Waals surface area contributed by atoms with Crippen molar-refractivity contribution in [3.63, 3.8) is 0 Å². The molecule has 7 heteroatoms. The minimum atomic E-state index is -0.616. The van der Waals surface area contributed by atoms with E-state index in [-0.39, 0.29) is 6.42 Å². The normalized spacial score (nSPS) is 20.1. The van der Waals surface area contributed by atoms with Crippen LogP contribution in [-0.4, -0.2) is 29.2 Å². The molecule has 2 N–H and O–H groups in total. The van der Waals surface area contributed by atoms with Crippen molar-refractivity contribution in [3.8, 4) is 0 Å². The second kappa shape index (κ2) is 5.02. The zero-order valence-corrected chi connectivity index (χ0v) is 12.8. The first-order chi connectivity index (χ1) is 9.12. The third-order valence-electron chi connectivity index (χ3n) is 3.78. The smallest absolute Gasteiger partial charge is 0.398 e. The Labute approximate surface area is 123 Å². The third-order valence-corrected chi connectivity index (χ3v) is 4.08. The molecule has 1 amide bonds. The summed E-state index contributed by atoms with van der Waals surface area (Å²) in [7, 11) is -0.616. The van der Waals surface area contributed by atoms with Crippen LogP contribution in [0.25, 0.3) is 0 Å². The van der Waals surface area contributed by atoms with Gasteiger partial charge in [-0.2, -0.15) is 0 Å². The number of halogens is 1. The third kappa shape index (κ3) is 2.82. The van der Waals surface area contributed by atoms with Gasteiger partial charge in [0.05, 0.1) is 28.2 Å². The van der Waals surface area contributed by atoms with Crippen molar-refractivity contribution in [1.29, 1.82) is 0 Å². The molecule has 0 spiro atoms. The summed E-state index contributed by atoms with van der Waals surface area (Å²) >= 11 is 6.20. The molecule has 0 atom stereocenters. The zero-order valence-electron chi connectivity index (χ0n) is 12.1. The highest BCUT2D eigenvalue weighted by Gasteiger charge is 2.52. The number of hydrogen-bond donors (Lipinski definition) is 1. The molecule has 0 bridgehead atoms. The Bertz CT molecular complexity index is 532. The van der Waals surface area contributed by atoms with E-state index in [2.05, 4.69) is 4.98 Å². The van der Waals surface area contributed by atoms with E-state index in [4.69, 9.17) is 26.6 Å². The van der Waals surface area contributed by atoms with Crippen LogP contribution in [-0.2, 0) is 20.5 Å². The fraction of sp³-hybridized carbons (Fsp3) is 0.538. The molecule has 0 radical (unpaired) electrons. The van der Waals surface area contributed by atoms with Gasteiger partial charge in [0.25, 0.3) is 0 Å². The Hall–Kier alpha value is -1.11. The molecule has 2 heterocycles. The van der Waals surface area contributed by atoms with E-state index in [1.165, 1.54) is 0 Å². The van der Waals surface area contributed by atoms with Crippen molar-refractivity contribution >= 4 is 30.2 Å². The van der Waals surface area contributed by atoms with E-state index in [0.29, 0.717) is 16.2 Å². The number of aromatic nitrogens is 1. The van der Waals surface area contributed by atoms with Crippen LogP contribution in [0.4, 0.5) is 0 Å². The molecule has 1 fully saturated rings. The van der Waals surface area contributed by atoms with Crippen molar-refractivity contribution < 1.29 is 14.1 Å². The van der Waals surface area contributed by atoms with Gasteiger partial charge in [-0.1, -0.05) is 11.6 Å². The van der Waals surface area contributed by atoms with Gasteiger partial charge in [0.15, 0.2) is 0 Å². The second-order valence-electron chi connectivity index (χ2n) is 5.94. The molecule has 1 saturated heterocycles. The van der Waals surface area contributed by atoms with Gasteiger partial charge in [-0.3, -0.25) is 9.78 Å². The average molecular weight is 297 g/mol. The standard InChI is InChI=1S/C13H18BClN2O3/c1-12(2)13(3,4)20-14(19-12)11-9(15)5-8(7-17-11)6-10(16)18/h5,7H,6H2,1-4H3,(H2,16,18). The molecule has 2 rings (SSSR count). The maximum absolute atomic E-state index is 10.9. The lowest BCUT2D eigenvalue weighted by Crippen LogP contribution is -2.41. The molecule has 0 aliphatic carbocycles. The van der Waals surface area contributed by atoms with Crippen molar-refractivity contribution in [3.05, 3.63) is 22.8 Å². The molecule has 0 aromatic carbocycles. The minimum absolute atomic E-state index is 0.108. The van der Waals surface area contributed by atoms with Crippen molar-refractivity contribution in [1.82, 2.24) is 4.98 Å². The van der Waals surface area contributed by atoms with Gasteiger partial charge >= 0.3 is 7.12 Å². The highest BCUT2D eigenvalue weighted by Crippen LogP contribution is 2.36. The minimum Gasteiger partial charge on any atom is -0.398 e. The Kier molecular flexibility index (Phi) is 3.84. The highest BCUT2D eigenvalue weighted by atomic mass is 35.5. The number of pyridine rings is 1. The van der Waals surface area contributed by atoms with Crippen LogP contribution in [0.15, 0.2) is 12.3 Å². The van der Waals surface area contributed by atoms with Crippen LogP contribution in [0, 0.1) is 0 Å². The average Bonchev–Trinajstić information content (AvgIpc) is 2.46. The van der Waals surface area contributed by atoms with E-state index >= 15 is 0 Å². The van der Waals surface area contributed by atoms with E-state index in [9.17, 15) is 4.79 Å². The molecule has 1 aromatic rings. The Morgan fingerprint density at radius 2 is 1.90 bits per heavy atom. The van der Waals surface area contributed by atoms with Crippen molar-refractivity contribution in [2.45, 2.75) is 45.3 Å². The molecule has 1 aromatic heterocycles. The summed E-state index contributed by atoms with van der Waals surface area (Å²) in [6.45, 7) is 7.84. The topological polar surface area (TPSA) is 74.4 Å². The summed E-state index contributed by atoms with van der Waals surface area (Å²) in [6, 6.07) is 1.67. The fourth-order valence-corrected chi connectivity index (χ4v) is 2.19. The van der Waals surface area contributed by atoms with E-state index in [1.54, 1.807) is 12.3 Å². The first kappa shape index (κ1) is 15.3. The van der Waals surface area contributed by atoms with Gasteiger partial charge in [0.1, 0.15) is 0 Å². The van der Waals surface area contributed by atoms with Gasteiger partial charge < -0.3 is 15.0 Å². The van der Waals surface area contributed by atoms with Crippen LogP contribution in [0.5, 0.6) is 0 Å². The van der Waals surface area contributed by atoms with Crippen molar-refractivity contribution in [2.75, 3.05) is 0 Å². The number of rotatable bonds is 3. The molecule has 5 nitrogen and oxygen atoms in total. The number of hydrogen-bond acceptors (Lipinski definition) is 4. The summed E-state index contributed by atoms with van der Waals surface area (Å²) in [4.78, 5) is 15.1. The molecular formula is C13H18BClN2O3. The highest BCUT2D eigenvalue weighted by molar-refractivity contribution is 6.64. The van der Waals surface area contributed by atoms with Gasteiger partial charge in [-0.05, 0) is 39.3 Å². The maximum atomic E-state index is 10.9. The summed E-state index contributed by atoms with van der Waals surface area (Å²) in [5, 5.41) is 0.405. The Morgan fingerprint density at radius 1 is 1.35 bits per heavy atom. The Morgan fingerprint density at radius 3 is 2.35 bits per heavy atom. The Balaban J connectivity index is 2.25. The second-order valence-corrected chi connectivity index (χ2v) is 6.35. The van der Waals surface area contributed by atoms with Gasteiger partial charge in [-0.15, -0.1) is 0 Å². The van der Waals surface area contributed by atoms with E-state index < -0.39 is 24.2 Å². The summed E-state index contributed by atoms with van der Waals surface area (Å²) in [6.07, 6.45) is 1.67. The van der Waals surface area contributed by atoms with E-state index in [1.807, 2.05) is 27.7 Å². The summed E-state index contributed by atoms with van der Waals surface area (Å²) < 4.78 is 11.8. The predicted molar refractivity (Wildman–Crippen MR) is 77.9 cm³/mol. The lowest BCUT2D eigenvalue weighted by Gasteiger charge is -2.32. The molecule has 108 valence electrons. The van der Waals surface area contributed by atoms with Gasteiger partial charge in [-0.25, -0.2) is 0 Å². The van der Waals surface area contributed by atoms with Crippen LogP contribution in [0.3, 0.4) is 0 Å². The zero-order chi connectivity index (χ0) is 15.1. The summed E-state index contributed by atoms with van der Waals surface area (Å²) in [5.41, 5.74) is 5.43. The largest absolute Gasteiger partial charge is 0.516 e. The van der Waals surface area contributed by atoms with Crippen LogP contribution < -0.4 is 11.3 Å². The van der Waals surface area contributed by atoms with Gasteiger partial charge in [0.2, 0.25) is 5.91 Å². The monoisotopic (exact) mass is 296 g/mol. The molecule has 1 aliphatic heterocycles. The fourth-order valence-electron chi connectivity index (χ4n) is 1.91. The predicted octanol–water partition coefficient (Wildman–Crippen LogP) is 1.06. The molecule has 1 aliphatic rings. The number of carbonyl (C=O) groups excluding carboxylic acids is 1. The first-order valence-corrected chi connectivity index (χ1v) is 6.78.